The highest BCUT2D eigenvalue weighted by Gasteiger charge is 2.20. The molecule has 0 aromatic rings. The summed E-state index contributed by atoms with van der Waals surface area (Å²) in [6.07, 6.45) is 6.76. The second-order valence-corrected chi connectivity index (χ2v) is 5.09. The van der Waals surface area contributed by atoms with Crippen molar-refractivity contribution in [2.75, 3.05) is 7.11 Å². The van der Waals surface area contributed by atoms with Crippen molar-refractivity contribution in [3.05, 3.63) is 0 Å². The van der Waals surface area contributed by atoms with Crippen LogP contribution in [0.3, 0.4) is 0 Å². The minimum absolute atomic E-state index is 0.0231. The van der Waals surface area contributed by atoms with Crippen LogP contribution >= 0.6 is 0 Å². The quantitative estimate of drug-likeness (QED) is 0.426. The van der Waals surface area contributed by atoms with E-state index < -0.39 is 18.0 Å². The van der Waals surface area contributed by atoms with Crippen molar-refractivity contribution in [3.63, 3.8) is 0 Å². The number of carbonyl (C=O) groups excluding carboxylic acids is 2. The van der Waals surface area contributed by atoms with Crippen molar-refractivity contribution in [1.82, 2.24) is 5.32 Å². The highest BCUT2D eigenvalue weighted by Crippen LogP contribution is 2.07. The number of aliphatic carboxylic acids is 1. The molecule has 0 fully saturated rings. The Morgan fingerprint density at radius 2 is 1.67 bits per heavy atom. The van der Waals surface area contributed by atoms with Crippen molar-refractivity contribution >= 4 is 17.8 Å². The number of ether oxygens (including phenoxy) is 1. The molecule has 0 heterocycles. The molecule has 0 spiro atoms. The van der Waals surface area contributed by atoms with Crippen LogP contribution in [0.5, 0.6) is 0 Å². The number of amides is 1. The minimum atomic E-state index is -1.13. The molecule has 0 bridgehead atoms. The summed E-state index contributed by atoms with van der Waals surface area (Å²) in [4.78, 5) is 33.7. The van der Waals surface area contributed by atoms with E-state index in [0.29, 0.717) is 6.42 Å². The van der Waals surface area contributed by atoms with Gasteiger partial charge in [0.05, 0.1) is 7.11 Å². The van der Waals surface area contributed by atoms with E-state index in [-0.39, 0.29) is 18.7 Å². The van der Waals surface area contributed by atoms with Crippen LogP contribution < -0.4 is 5.32 Å². The van der Waals surface area contributed by atoms with Gasteiger partial charge in [0, 0.05) is 12.8 Å². The van der Waals surface area contributed by atoms with Crippen molar-refractivity contribution in [1.29, 1.82) is 0 Å². The first-order valence-corrected chi connectivity index (χ1v) is 7.60. The fourth-order valence-corrected chi connectivity index (χ4v) is 1.95. The molecule has 0 aromatic carbocycles. The van der Waals surface area contributed by atoms with Crippen LogP contribution in [-0.4, -0.2) is 36.1 Å². The molecule has 1 amide bonds. The fourth-order valence-electron chi connectivity index (χ4n) is 1.95. The third kappa shape index (κ3) is 10.8. The van der Waals surface area contributed by atoms with Crippen LogP contribution in [0.2, 0.25) is 0 Å². The Bertz CT molecular complexity index is 330. The van der Waals surface area contributed by atoms with Crippen LogP contribution in [0.15, 0.2) is 0 Å². The molecule has 0 aromatic heterocycles. The Hall–Kier alpha value is -1.59. The summed E-state index contributed by atoms with van der Waals surface area (Å²) in [5.41, 5.74) is 0. The molecule has 0 radical (unpaired) electrons. The third-order valence-corrected chi connectivity index (χ3v) is 3.26. The smallest absolute Gasteiger partial charge is 0.326 e. The SMILES string of the molecule is CCCCCCCCC(=O)N[C@@H](CCC(=O)OC)C(=O)O. The molecule has 0 rings (SSSR count). The van der Waals surface area contributed by atoms with E-state index in [0.717, 1.165) is 19.3 Å². The van der Waals surface area contributed by atoms with Crippen LogP contribution in [-0.2, 0) is 19.1 Å². The van der Waals surface area contributed by atoms with Crippen LogP contribution in [0, 0.1) is 0 Å². The average Bonchev–Trinajstić information content (AvgIpc) is 2.46. The van der Waals surface area contributed by atoms with E-state index >= 15 is 0 Å². The van der Waals surface area contributed by atoms with Crippen molar-refractivity contribution in [2.24, 2.45) is 0 Å². The molecule has 6 nitrogen and oxygen atoms in total. The number of carboxylic acids is 1. The van der Waals surface area contributed by atoms with Gasteiger partial charge in [-0.05, 0) is 12.8 Å². The molecule has 122 valence electrons. The van der Waals surface area contributed by atoms with E-state index in [1.165, 1.54) is 26.4 Å². The van der Waals surface area contributed by atoms with Gasteiger partial charge in [0.2, 0.25) is 5.91 Å². The predicted octanol–water partition coefficient (Wildman–Crippen LogP) is 2.26. The first-order valence-electron chi connectivity index (χ1n) is 7.60. The summed E-state index contributed by atoms with van der Waals surface area (Å²) in [5.74, 6) is -1.88. The van der Waals surface area contributed by atoms with Gasteiger partial charge in [0.15, 0.2) is 0 Å². The zero-order chi connectivity index (χ0) is 16.1. The van der Waals surface area contributed by atoms with Crippen molar-refractivity contribution in [3.8, 4) is 0 Å². The molecule has 21 heavy (non-hydrogen) atoms. The maximum absolute atomic E-state index is 11.7. The molecule has 2 N–H and O–H groups in total. The lowest BCUT2D eigenvalue weighted by Crippen LogP contribution is -2.41. The topological polar surface area (TPSA) is 92.7 Å². The number of unbranched alkanes of at least 4 members (excludes halogenated alkanes) is 5. The van der Waals surface area contributed by atoms with Gasteiger partial charge < -0.3 is 15.2 Å². The number of hydrogen-bond acceptors (Lipinski definition) is 4. The lowest BCUT2D eigenvalue weighted by Gasteiger charge is -2.13. The molecule has 0 aliphatic rings. The maximum Gasteiger partial charge on any atom is 0.326 e. The summed E-state index contributed by atoms with van der Waals surface area (Å²) >= 11 is 0. The van der Waals surface area contributed by atoms with Crippen LogP contribution in [0.1, 0.15) is 64.7 Å². The summed E-state index contributed by atoms with van der Waals surface area (Å²) in [5, 5.41) is 11.5. The number of esters is 1. The largest absolute Gasteiger partial charge is 0.480 e. The Morgan fingerprint density at radius 1 is 1.05 bits per heavy atom. The summed E-state index contributed by atoms with van der Waals surface area (Å²) < 4.78 is 4.45. The monoisotopic (exact) mass is 301 g/mol. The average molecular weight is 301 g/mol. The van der Waals surface area contributed by atoms with E-state index in [4.69, 9.17) is 5.11 Å². The van der Waals surface area contributed by atoms with Gasteiger partial charge in [0.1, 0.15) is 6.04 Å². The molecule has 0 saturated heterocycles. The first kappa shape index (κ1) is 19.4. The lowest BCUT2D eigenvalue weighted by molar-refractivity contribution is -0.144. The Labute approximate surface area is 126 Å². The van der Waals surface area contributed by atoms with E-state index in [1.807, 2.05) is 0 Å². The molecule has 6 heteroatoms. The van der Waals surface area contributed by atoms with Gasteiger partial charge in [0.25, 0.3) is 0 Å². The summed E-state index contributed by atoms with van der Waals surface area (Å²) in [6.45, 7) is 2.15. The number of nitrogens with one attached hydrogen (secondary N) is 1. The van der Waals surface area contributed by atoms with Crippen molar-refractivity contribution < 1.29 is 24.2 Å². The zero-order valence-corrected chi connectivity index (χ0v) is 13.0. The zero-order valence-electron chi connectivity index (χ0n) is 13.0. The Kier molecular flexibility index (Phi) is 11.3. The van der Waals surface area contributed by atoms with Gasteiger partial charge >= 0.3 is 11.9 Å². The standard InChI is InChI=1S/C15H27NO5/c1-3-4-5-6-7-8-9-13(17)16-12(15(19)20)10-11-14(18)21-2/h12H,3-11H2,1-2H3,(H,16,17)(H,19,20)/t12-/m0/s1. The molecule has 0 aliphatic heterocycles. The van der Waals surface area contributed by atoms with E-state index in [2.05, 4.69) is 17.0 Å². The Balaban J connectivity index is 3.90. The van der Waals surface area contributed by atoms with Crippen LogP contribution in [0.25, 0.3) is 0 Å². The lowest BCUT2D eigenvalue weighted by atomic mass is 10.1. The second-order valence-electron chi connectivity index (χ2n) is 5.09. The highest BCUT2D eigenvalue weighted by molar-refractivity contribution is 5.83. The van der Waals surface area contributed by atoms with Gasteiger partial charge in [-0.25, -0.2) is 4.79 Å². The number of carbonyl (C=O) groups is 3. The second kappa shape index (κ2) is 12.2. The highest BCUT2D eigenvalue weighted by atomic mass is 16.5. The van der Waals surface area contributed by atoms with Gasteiger partial charge in [-0.15, -0.1) is 0 Å². The van der Waals surface area contributed by atoms with E-state index in [9.17, 15) is 14.4 Å². The first-order chi connectivity index (χ1) is 10.0. The molecular weight excluding hydrogens is 274 g/mol. The number of hydrogen-bond donors (Lipinski definition) is 2. The van der Waals surface area contributed by atoms with Gasteiger partial charge in [-0.3, -0.25) is 9.59 Å². The Morgan fingerprint density at radius 3 is 2.24 bits per heavy atom. The van der Waals surface area contributed by atoms with Gasteiger partial charge in [-0.1, -0.05) is 39.0 Å². The number of rotatable bonds is 12. The maximum atomic E-state index is 11.7. The molecule has 0 saturated carbocycles. The van der Waals surface area contributed by atoms with E-state index in [1.54, 1.807) is 0 Å². The van der Waals surface area contributed by atoms with Gasteiger partial charge in [-0.2, -0.15) is 0 Å². The normalized spacial score (nSPS) is 11.7. The fraction of sp³-hybridized carbons (Fsp3) is 0.800. The number of carboxylic acid groups (broad SMARTS) is 1. The van der Waals surface area contributed by atoms with Crippen LogP contribution in [0.4, 0.5) is 0 Å². The number of methoxy groups -OCH3 is 1. The molecule has 0 aliphatic carbocycles. The predicted molar refractivity (Wildman–Crippen MR) is 78.8 cm³/mol. The molecule has 1 atom stereocenters. The summed E-state index contributed by atoms with van der Waals surface area (Å²) in [7, 11) is 1.25. The molecular formula is C15H27NO5. The summed E-state index contributed by atoms with van der Waals surface area (Å²) in [6, 6.07) is -1.03. The molecule has 0 unspecified atom stereocenters. The third-order valence-electron chi connectivity index (χ3n) is 3.26. The van der Waals surface area contributed by atoms with Crippen molar-refractivity contribution in [2.45, 2.75) is 70.8 Å². The minimum Gasteiger partial charge on any atom is -0.480 e.